The number of aryl methyl sites for hydroxylation is 1. The van der Waals surface area contributed by atoms with Gasteiger partial charge in [-0.1, -0.05) is 5.16 Å². The standard InChI is InChI=1S/C32H39F2N9OS/c1-18(21-7-5-11-40(21)2)43-15-14-41-12-13-42(17-23(33)34)30-26(41)31(43)38-29(37-30)25-19-6-3-9-32(27(19)44-39-25)10-4-8-22-24(32)20(16-35)28(36)45-22/h18,21,23H,3-15,17,36H2,1-2H3/t18-,21-,32-/m0/s1. The van der Waals surface area contributed by atoms with Gasteiger partial charge in [-0.25, -0.2) is 18.7 Å². The summed E-state index contributed by atoms with van der Waals surface area (Å²) in [7, 11) is 2.18. The average molecular weight is 636 g/mol. The number of alkyl halides is 2. The largest absolute Gasteiger partial charge is 0.389 e. The van der Waals surface area contributed by atoms with Gasteiger partial charge in [0.2, 0.25) is 0 Å². The molecule has 13 heteroatoms. The molecular weight excluding hydrogens is 596 g/mol. The Hall–Kier alpha value is -3.50. The van der Waals surface area contributed by atoms with Crippen molar-refractivity contribution in [2.24, 2.45) is 0 Å². The molecule has 3 aliphatic heterocycles. The van der Waals surface area contributed by atoms with Crippen LogP contribution in [0.1, 0.15) is 72.8 Å². The van der Waals surface area contributed by atoms with Crippen LogP contribution in [0.5, 0.6) is 0 Å². The molecule has 0 bridgehead atoms. The fraction of sp³-hybridized carbons (Fsp3) is 0.625. The van der Waals surface area contributed by atoms with Gasteiger partial charge < -0.3 is 29.9 Å². The first-order valence-corrected chi connectivity index (χ1v) is 17.1. The monoisotopic (exact) mass is 635 g/mol. The lowest BCUT2D eigenvalue weighted by Crippen LogP contribution is -2.55. The van der Waals surface area contributed by atoms with E-state index in [1.807, 2.05) is 0 Å². The minimum Gasteiger partial charge on any atom is -0.389 e. The minimum absolute atomic E-state index is 0.195. The number of nitrogen functional groups attached to an aromatic ring is 1. The van der Waals surface area contributed by atoms with Crippen molar-refractivity contribution in [3.8, 4) is 17.6 Å². The third-order valence-electron chi connectivity index (χ3n) is 11.0. The minimum atomic E-state index is -2.48. The van der Waals surface area contributed by atoms with E-state index in [0.717, 1.165) is 93.0 Å². The summed E-state index contributed by atoms with van der Waals surface area (Å²) in [6.07, 6.45) is 5.07. The maximum absolute atomic E-state index is 13.9. The molecule has 5 aliphatic rings. The molecule has 3 aromatic rings. The van der Waals surface area contributed by atoms with Gasteiger partial charge in [0, 0.05) is 48.7 Å². The van der Waals surface area contributed by atoms with Crippen molar-refractivity contribution in [3.63, 3.8) is 0 Å². The quantitative estimate of drug-likeness (QED) is 0.419. The zero-order valence-corrected chi connectivity index (χ0v) is 26.7. The number of nitriles is 1. The number of anilines is 4. The average Bonchev–Trinajstić information content (AvgIpc) is 3.75. The van der Waals surface area contributed by atoms with Gasteiger partial charge in [0.15, 0.2) is 28.9 Å². The summed E-state index contributed by atoms with van der Waals surface area (Å²) in [6, 6.07) is 2.97. The Morgan fingerprint density at radius 2 is 1.87 bits per heavy atom. The highest BCUT2D eigenvalue weighted by atomic mass is 32.1. The van der Waals surface area contributed by atoms with Crippen LogP contribution in [0.4, 0.5) is 31.1 Å². The number of aromatic nitrogens is 3. The van der Waals surface area contributed by atoms with E-state index in [9.17, 15) is 14.0 Å². The Balaban J connectivity index is 1.28. The highest BCUT2D eigenvalue weighted by Crippen LogP contribution is 2.55. The molecule has 6 heterocycles. The summed E-state index contributed by atoms with van der Waals surface area (Å²) in [6.45, 7) is 5.71. The Morgan fingerprint density at radius 1 is 1.09 bits per heavy atom. The van der Waals surface area contributed by atoms with E-state index < -0.39 is 11.8 Å². The zero-order valence-electron chi connectivity index (χ0n) is 25.9. The normalized spacial score (nSPS) is 25.0. The second-order valence-corrected chi connectivity index (χ2v) is 14.5. The van der Waals surface area contributed by atoms with E-state index in [1.165, 1.54) is 22.6 Å². The molecule has 3 aromatic heterocycles. The summed E-state index contributed by atoms with van der Waals surface area (Å²) in [5.41, 5.74) is 9.88. The summed E-state index contributed by atoms with van der Waals surface area (Å²) < 4.78 is 34.0. The molecule has 0 unspecified atom stereocenters. The molecule has 2 N–H and O–H groups in total. The molecule has 3 atom stereocenters. The first-order chi connectivity index (χ1) is 21.8. The number of likely N-dealkylation sites (N-methyl/N-ethyl adjacent to an activating group) is 1. The van der Waals surface area contributed by atoms with Crippen molar-refractivity contribution in [3.05, 3.63) is 27.3 Å². The molecule has 45 heavy (non-hydrogen) atoms. The highest BCUT2D eigenvalue weighted by Gasteiger charge is 2.49. The van der Waals surface area contributed by atoms with Crippen LogP contribution in [0, 0.1) is 11.3 Å². The van der Waals surface area contributed by atoms with Crippen molar-refractivity contribution in [1.82, 2.24) is 20.0 Å². The predicted octanol–water partition coefficient (Wildman–Crippen LogP) is 4.80. The fourth-order valence-electron chi connectivity index (χ4n) is 8.97. The summed E-state index contributed by atoms with van der Waals surface area (Å²) in [5.74, 6) is 2.57. The van der Waals surface area contributed by atoms with Crippen LogP contribution in [0.25, 0.3) is 11.5 Å². The topological polar surface area (TPSA) is 115 Å². The number of nitrogens with zero attached hydrogens (tertiary/aromatic N) is 8. The van der Waals surface area contributed by atoms with Crippen LogP contribution >= 0.6 is 11.3 Å². The van der Waals surface area contributed by atoms with Crippen LogP contribution in [0.3, 0.4) is 0 Å². The van der Waals surface area contributed by atoms with Crippen LogP contribution < -0.4 is 20.4 Å². The Morgan fingerprint density at radius 3 is 2.62 bits per heavy atom. The summed E-state index contributed by atoms with van der Waals surface area (Å²) in [5, 5.41) is 15.3. The molecule has 0 amide bonds. The molecule has 8 rings (SSSR count). The molecule has 0 radical (unpaired) electrons. The van der Waals surface area contributed by atoms with E-state index in [2.05, 4.69) is 39.9 Å². The van der Waals surface area contributed by atoms with Gasteiger partial charge in [-0.05, 0) is 77.4 Å². The molecule has 0 saturated carbocycles. The SMILES string of the molecule is C[C@@H]([C@@H]1CCCN1C)N1CCN2CCN(CC(F)F)c3nc(-c4noc5c4CCC[C@@]54CCCc5sc(N)c(C#N)c54)nc1c32. The van der Waals surface area contributed by atoms with E-state index in [1.54, 1.807) is 4.90 Å². The van der Waals surface area contributed by atoms with Crippen molar-refractivity contribution in [2.75, 3.05) is 66.7 Å². The van der Waals surface area contributed by atoms with Gasteiger partial charge in [-0.3, -0.25) is 0 Å². The fourth-order valence-corrected chi connectivity index (χ4v) is 10.1. The number of nitrogens with two attached hydrogens (primary N) is 1. The number of hydrogen-bond acceptors (Lipinski definition) is 11. The predicted molar refractivity (Wildman–Crippen MR) is 171 cm³/mol. The smallest absolute Gasteiger partial charge is 0.255 e. The van der Waals surface area contributed by atoms with Gasteiger partial charge in [0.25, 0.3) is 6.43 Å². The first kappa shape index (κ1) is 28.9. The van der Waals surface area contributed by atoms with Crippen molar-refractivity contribution in [1.29, 1.82) is 5.26 Å². The van der Waals surface area contributed by atoms with E-state index in [-0.39, 0.29) is 12.6 Å². The third kappa shape index (κ3) is 4.35. The van der Waals surface area contributed by atoms with Crippen molar-refractivity contribution >= 4 is 33.7 Å². The second-order valence-electron chi connectivity index (χ2n) is 13.4. The van der Waals surface area contributed by atoms with E-state index in [4.69, 9.17) is 20.2 Å². The number of likely N-dealkylation sites (tertiary alicyclic amines) is 1. The highest BCUT2D eigenvalue weighted by molar-refractivity contribution is 7.16. The Labute approximate surface area is 265 Å². The van der Waals surface area contributed by atoms with Crippen molar-refractivity contribution < 1.29 is 13.3 Å². The number of fused-ring (bicyclic) bond motifs is 4. The van der Waals surface area contributed by atoms with Crippen molar-refractivity contribution in [2.45, 2.75) is 82.2 Å². The molecule has 0 aromatic carbocycles. The van der Waals surface area contributed by atoms with Gasteiger partial charge >= 0.3 is 0 Å². The maximum atomic E-state index is 13.9. The zero-order chi connectivity index (χ0) is 31.0. The molecular formula is C32H39F2N9OS. The molecule has 2 aliphatic carbocycles. The van der Waals surface area contributed by atoms with Gasteiger partial charge in [-0.2, -0.15) is 5.26 Å². The van der Waals surface area contributed by atoms with Crippen LogP contribution in [0.2, 0.25) is 0 Å². The number of thiophene rings is 1. The molecule has 10 nitrogen and oxygen atoms in total. The van der Waals surface area contributed by atoms with Crippen LogP contribution in [-0.2, 0) is 18.3 Å². The lowest BCUT2D eigenvalue weighted by Gasteiger charge is -2.47. The van der Waals surface area contributed by atoms with Crippen LogP contribution in [0.15, 0.2) is 4.52 Å². The second kappa shape index (κ2) is 10.8. The third-order valence-corrected chi connectivity index (χ3v) is 12.1. The molecule has 1 spiro atoms. The van der Waals surface area contributed by atoms with Crippen LogP contribution in [-0.4, -0.2) is 84.8 Å². The lowest BCUT2D eigenvalue weighted by molar-refractivity contribution is 0.154. The van der Waals surface area contributed by atoms with Gasteiger partial charge in [-0.15, -0.1) is 11.3 Å². The molecule has 1 fully saturated rings. The van der Waals surface area contributed by atoms with E-state index in [0.29, 0.717) is 47.0 Å². The lowest BCUT2D eigenvalue weighted by atomic mass is 9.63. The summed E-state index contributed by atoms with van der Waals surface area (Å²) in [4.78, 5) is 20.2. The molecule has 1 saturated heterocycles. The maximum Gasteiger partial charge on any atom is 0.255 e. The Kier molecular flexibility index (Phi) is 6.94. The number of hydrogen-bond donors (Lipinski definition) is 1. The first-order valence-electron chi connectivity index (χ1n) is 16.3. The van der Waals surface area contributed by atoms with Gasteiger partial charge in [0.1, 0.15) is 16.8 Å². The van der Waals surface area contributed by atoms with E-state index >= 15 is 0 Å². The molecule has 238 valence electrons. The van der Waals surface area contributed by atoms with Gasteiger partial charge in [0.05, 0.1) is 17.5 Å². The summed E-state index contributed by atoms with van der Waals surface area (Å²) >= 11 is 1.52. The number of halogens is 2. The Bertz CT molecular complexity index is 1680. The number of rotatable bonds is 5.